The van der Waals surface area contributed by atoms with Gasteiger partial charge in [0.1, 0.15) is 6.20 Å². The van der Waals surface area contributed by atoms with Crippen molar-refractivity contribution in [1.82, 2.24) is 15.0 Å². The number of anilines is 2. The van der Waals surface area contributed by atoms with Crippen molar-refractivity contribution >= 4 is 28.8 Å². The van der Waals surface area contributed by atoms with Crippen LogP contribution in [-0.2, 0) is 6.54 Å². The van der Waals surface area contributed by atoms with Crippen molar-refractivity contribution in [3.63, 3.8) is 0 Å². The van der Waals surface area contributed by atoms with Crippen LogP contribution in [-0.4, -0.2) is 26.4 Å². The van der Waals surface area contributed by atoms with E-state index in [0.29, 0.717) is 19.0 Å². The van der Waals surface area contributed by atoms with Gasteiger partial charge in [-0.25, -0.2) is 9.97 Å². The molecular formula is C11H14N6O2S. The van der Waals surface area contributed by atoms with Gasteiger partial charge in [-0.15, -0.1) is 11.3 Å². The van der Waals surface area contributed by atoms with Crippen molar-refractivity contribution in [2.45, 2.75) is 20.4 Å². The average molecular weight is 294 g/mol. The highest BCUT2D eigenvalue weighted by Gasteiger charge is 2.17. The van der Waals surface area contributed by atoms with Gasteiger partial charge in [0.15, 0.2) is 0 Å². The second-order valence-corrected chi connectivity index (χ2v) is 4.87. The van der Waals surface area contributed by atoms with E-state index in [4.69, 9.17) is 0 Å². The predicted molar refractivity (Wildman–Crippen MR) is 77.0 cm³/mol. The van der Waals surface area contributed by atoms with Gasteiger partial charge in [-0.05, 0) is 13.8 Å². The van der Waals surface area contributed by atoms with Gasteiger partial charge in [0, 0.05) is 11.4 Å². The third kappa shape index (κ3) is 3.18. The summed E-state index contributed by atoms with van der Waals surface area (Å²) in [5.41, 5.74) is 2.50. The fraction of sp³-hybridized carbons (Fsp3) is 0.364. The second-order valence-electron chi connectivity index (χ2n) is 3.93. The lowest BCUT2D eigenvalue weighted by Crippen LogP contribution is -2.09. The molecule has 2 heterocycles. The molecule has 2 aromatic rings. The number of nitro groups is 1. The van der Waals surface area contributed by atoms with Crippen LogP contribution in [0.15, 0.2) is 11.7 Å². The number of aromatic nitrogens is 3. The first-order valence-electron chi connectivity index (χ1n) is 6.00. The van der Waals surface area contributed by atoms with E-state index >= 15 is 0 Å². The minimum Gasteiger partial charge on any atom is -0.359 e. The number of nitrogens with one attached hydrogen (secondary N) is 2. The Bertz CT molecular complexity index is 615. The maximum atomic E-state index is 11.0. The van der Waals surface area contributed by atoms with Crippen molar-refractivity contribution in [2.24, 2.45) is 0 Å². The molecule has 0 saturated heterocycles. The molecule has 0 fully saturated rings. The van der Waals surface area contributed by atoms with Crippen LogP contribution in [0.1, 0.15) is 17.5 Å². The lowest BCUT2D eigenvalue weighted by Gasteiger charge is -2.07. The van der Waals surface area contributed by atoms with Crippen LogP contribution in [0.25, 0.3) is 0 Å². The summed E-state index contributed by atoms with van der Waals surface area (Å²) in [6, 6.07) is 0. The van der Waals surface area contributed by atoms with Crippen LogP contribution >= 0.6 is 11.3 Å². The molecule has 0 atom stereocenters. The third-order valence-electron chi connectivity index (χ3n) is 2.56. The van der Waals surface area contributed by atoms with Crippen molar-refractivity contribution in [3.05, 3.63) is 32.4 Å². The number of rotatable bonds is 6. The fourth-order valence-electron chi connectivity index (χ4n) is 1.54. The molecule has 0 aromatic carbocycles. The summed E-state index contributed by atoms with van der Waals surface area (Å²) in [5, 5.41) is 16.9. The molecule has 2 aromatic heterocycles. The molecule has 0 spiro atoms. The van der Waals surface area contributed by atoms with Crippen molar-refractivity contribution < 1.29 is 4.92 Å². The van der Waals surface area contributed by atoms with Crippen molar-refractivity contribution in [3.8, 4) is 0 Å². The molecule has 0 amide bonds. The highest BCUT2D eigenvalue weighted by atomic mass is 32.1. The molecule has 0 bridgehead atoms. The maximum Gasteiger partial charge on any atom is 0.329 e. The summed E-state index contributed by atoms with van der Waals surface area (Å²) in [6.07, 6.45) is 1.20. The van der Waals surface area contributed by atoms with Crippen LogP contribution in [0.4, 0.5) is 17.5 Å². The normalized spacial score (nSPS) is 10.3. The fourth-order valence-corrected chi connectivity index (χ4v) is 2.26. The van der Waals surface area contributed by atoms with Gasteiger partial charge in [-0.1, -0.05) is 0 Å². The van der Waals surface area contributed by atoms with Gasteiger partial charge < -0.3 is 10.6 Å². The molecule has 106 valence electrons. The van der Waals surface area contributed by atoms with Crippen LogP contribution in [0.3, 0.4) is 0 Å². The molecule has 2 N–H and O–H groups in total. The predicted octanol–water partition coefficient (Wildman–Crippen LogP) is 2.19. The van der Waals surface area contributed by atoms with E-state index in [9.17, 15) is 10.1 Å². The highest BCUT2D eigenvalue weighted by Crippen LogP contribution is 2.23. The van der Waals surface area contributed by atoms with Crippen LogP contribution in [0, 0.1) is 17.0 Å². The van der Waals surface area contributed by atoms with Crippen LogP contribution in [0.2, 0.25) is 0 Å². The van der Waals surface area contributed by atoms with Crippen molar-refractivity contribution in [2.75, 3.05) is 17.2 Å². The molecule has 2 rings (SSSR count). The summed E-state index contributed by atoms with van der Waals surface area (Å²) in [5.74, 6) is 0.565. The number of hydrogen-bond donors (Lipinski definition) is 2. The summed E-state index contributed by atoms with van der Waals surface area (Å²) in [6.45, 7) is 4.88. The minimum absolute atomic E-state index is 0.145. The topological polar surface area (TPSA) is 106 Å². The number of hydrogen-bond acceptors (Lipinski definition) is 8. The summed E-state index contributed by atoms with van der Waals surface area (Å²) in [7, 11) is 0. The summed E-state index contributed by atoms with van der Waals surface area (Å²) >= 11 is 1.50. The molecule has 0 aliphatic heterocycles. The van der Waals surface area contributed by atoms with E-state index < -0.39 is 4.92 Å². The Kier molecular flexibility index (Phi) is 4.41. The zero-order valence-electron chi connectivity index (χ0n) is 11.1. The molecule has 8 nitrogen and oxygen atoms in total. The lowest BCUT2D eigenvalue weighted by molar-refractivity contribution is -0.384. The molecule has 0 radical (unpaired) electrons. The zero-order chi connectivity index (χ0) is 14.5. The van der Waals surface area contributed by atoms with Gasteiger partial charge in [0.2, 0.25) is 11.8 Å². The van der Waals surface area contributed by atoms with E-state index in [1.54, 1.807) is 5.51 Å². The third-order valence-corrected chi connectivity index (χ3v) is 3.50. The first-order chi connectivity index (χ1) is 9.61. The van der Waals surface area contributed by atoms with Gasteiger partial charge >= 0.3 is 5.69 Å². The van der Waals surface area contributed by atoms with E-state index in [1.807, 2.05) is 13.8 Å². The second kappa shape index (κ2) is 6.24. The van der Waals surface area contributed by atoms with Crippen LogP contribution < -0.4 is 10.6 Å². The first-order valence-corrected chi connectivity index (χ1v) is 6.88. The van der Waals surface area contributed by atoms with E-state index in [2.05, 4.69) is 25.6 Å². The Labute approximate surface area is 119 Å². The molecule has 0 unspecified atom stereocenters. The Morgan fingerprint density at radius 1 is 1.40 bits per heavy atom. The Morgan fingerprint density at radius 3 is 2.80 bits per heavy atom. The van der Waals surface area contributed by atoms with Gasteiger partial charge in [-0.3, -0.25) is 10.1 Å². The largest absolute Gasteiger partial charge is 0.359 e. The molecule has 20 heavy (non-hydrogen) atoms. The number of nitrogens with zero attached hydrogens (tertiary/aromatic N) is 4. The highest BCUT2D eigenvalue weighted by molar-refractivity contribution is 7.09. The summed E-state index contributed by atoms with van der Waals surface area (Å²) < 4.78 is 0. The van der Waals surface area contributed by atoms with Crippen molar-refractivity contribution in [1.29, 1.82) is 0 Å². The monoisotopic (exact) mass is 294 g/mol. The zero-order valence-corrected chi connectivity index (χ0v) is 11.9. The quantitative estimate of drug-likeness (QED) is 0.621. The van der Waals surface area contributed by atoms with Gasteiger partial charge in [-0.2, -0.15) is 4.98 Å². The smallest absolute Gasteiger partial charge is 0.329 e. The van der Waals surface area contributed by atoms with E-state index in [0.717, 1.165) is 10.6 Å². The summed E-state index contributed by atoms with van der Waals surface area (Å²) in [4.78, 5) is 23.6. The maximum absolute atomic E-state index is 11.0. The Balaban J connectivity index is 2.21. The first kappa shape index (κ1) is 14.1. The lowest BCUT2D eigenvalue weighted by atomic mass is 10.4. The molecule has 0 aliphatic carbocycles. The number of aryl methyl sites for hydroxylation is 1. The molecular weight excluding hydrogens is 280 g/mol. The Morgan fingerprint density at radius 2 is 2.20 bits per heavy atom. The van der Waals surface area contributed by atoms with E-state index in [-0.39, 0.29) is 11.5 Å². The minimum atomic E-state index is -0.502. The van der Waals surface area contributed by atoms with Crippen LogP contribution in [0.5, 0.6) is 0 Å². The average Bonchev–Trinajstić information content (AvgIpc) is 2.82. The van der Waals surface area contributed by atoms with Gasteiger partial charge in [0.25, 0.3) is 0 Å². The van der Waals surface area contributed by atoms with E-state index in [1.165, 1.54) is 17.5 Å². The molecule has 0 saturated carbocycles. The Hall–Kier alpha value is -2.29. The molecule has 9 heteroatoms. The number of thiazole rings is 1. The standard InChI is InChI=1S/C11H14N6O2S/c1-3-12-11-14-4-8(17(18)19)10(16-11)13-5-9-7(2)15-6-20-9/h4,6H,3,5H2,1-2H3,(H2,12,13,14,16). The van der Waals surface area contributed by atoms with Gasteiger partial charge in [0.05, 0.1) is 22.7 Å². The molecule has 0 aliphatic rings. The SMILES string of the molecule is CCNc1ncc([N+](=O)[O-])c(NCc2scnc2C)n1.